The number of halogens is 1. The van der Waals surface area contributed by atoms with Gasteiger partial charge in [0.25, 0.3) is 5.91 Å². The molecule has 6 nitrogen and oxygen atoms in total. The number of rotatable bonds is 10. The fourth-order valence-electron chi connectivity index (χ4n) is 5.31. The summed E-state index contributed by atoms with van der Waals surface area (Å²) in [6, 6.07) is 41.6. The highest BCUT2D eigenvalue weighted by molar-refractivity contribution is 8.00. The molecule has 0 radical (unpaired) electrons. The number of para-hydroxylation sites is 2. The van der Waals surface area contributed by atoms with Crippen LogP contribution in [0, 0.1) is 12.7 Å². The summed E-state index contributed by atoms with van der Waals surface area (Å²) < 4.78 is 21.3. The minimum absolute atomic E-state index is 0.199. The van der Waals surface area contributed by atoms with Crippen molar-refractivity contribution in [1.29, 1.82) is 0 Å². The van der Waals surface area contributed by atoms with E-state index in [2.05, 4.69) is 31.2 Å². The van der Waals surface area contributed by atoms with E-state index < -0.39 is 0 Å². The molecule has 0 atom stereocenters. The van der Waals surface area contributed by atoms with E-state index in [4.69, 9.17) is 14.9 Å². The van der Waals surface area contributed by atoms with Gasteiger partial charge in [-0.15, -0.1) is 11.8 Å². The zero-order chi connectivity index (χ0) is 32.9. The summed E-state index contributed by atoms with van der Waals surface area (Å²) in [4.78, 5) is 15.2. The third-order valence-corrected chi connectivity index (χ3v) is 8.86. The maximum absolute atomic E-state index is 14.1. The highest BCUT2D eigenvalue weighted by Gasteiger charge is 2.31. The first-order valence-electron chi connectivity index (χ1n) is 15.5. The van der Waals surface area contributed by atoms with Gasteiger partial charge >= 0.3 is 0 Å². The molecule has 0 aliphatic carbocycles. The van der Waals surface area contributed by atoms with Gasteiger partial charge in [-0.2, -0.15) is 15.2 Å². The average Bonchev–Trinajstić information content (AvgIpc) is 3.69. The molecule has 1 aliphatic rings. The van der Waals surface area contributed by atoms with Crippen molar-refractivity contribution in [2.24, 2.45) is 5.10 Å². The number of carbonyl (C=O) groups excluding carboxylic acids is 1. The standard InChI is InChI=1S/C40H31FN4O2S/c1-28-15-21-36(22-16-28)48-27-38-37(40(46)45(42-38)34-12-6-3-7-13-34)24-31-25-44(33-10-4-2-5-11-33)43-39(31)30-9-8-14-35(23-30)47-26-29-17-19-32(41)20-18-29/h2-25H,26-27H2,1H3. The second-order valence-electron chi connectivity index (χ2n) is 11.3. The van der Waals surface area contributed by atoms with Crippen molar-refractivity contribution in [3.63, 3.8) is 0 Å². The fraction of sp³-hybridized carbons (Fsp3) is 0.0750. The van der Waals surface area contributed by atoms with Crippen LogP contribution in [0.15, 0.2) is 155 Å². The van der Waals surface area contributed by atoms with Gasteiger partial charge in [0, 0.05) is 28.0 Å². The zero-order valence-corrected chi connectivity index (χ0v) is 27.0. The first-order chi connectivity index (χ1) is 23.5. The molecule has 0 spiro atoms. The molecule has 2 heterocycles. The summed E-state index contributed by atoms with van der Waals surface area (Å²) in [7, 11) is 0. The number of hydrazone groups is 1. The van der Waals surface area contributed by atoms with Gasteiger partial charge in [-0.3, -0.25) is 4.79 Å². The van der Waals surface area contributed by atoms with Gasteiger partial charge in [0.2, 0.25) is 0 Å². The van der Waals surface area contributed by atoms with Crippen LogP contribution in [0.3, 0.4) is 0 Å². The number of anilines is 1. The molecule has 1 aromatic heterocycles. The molecule has 48 heavy (non-hydrogen) atoms. The summed E-state index contributed by atoms with van der Waals surface area (Å²) in [6.07, 6.45) is 3.83. The maximum Gasteiger partial charge on any atom is 0.280 e. The number of hydrogen-bond acceptors (Lipinski definition) is 5. The predicted octanol–water partition coefficient (Wildman–Crippen LogP) is 9.14. The first kappa shape index (κ1) is 30.9. The molecular weight excluding hydrogens is 620 g/mol. The van der Waals surface area contributed by atoms with Gasteiger partial charge < -0.3 is 4.74 Å². The Balaban J connectivity index is 1.26. The molecule has 0 unspecified atom stereocenters. The normalized spacial score (nSPS) is 13.6. The Labute approximate surface area is 282 Å². The van der Waals surface area contributed by atoms with Crippen LogP contribution >= 0.6 is 11.8 Å². The summed E-state index contributed by atoms with van der Waals surface area (Å²) in [5.41, 5.74) is 7.12. The van der Waals surface area contributed by atoms with Crippen LogP contribution in [0.4, 0.5) is 10.1 Å². The lowest BCUT2D eigenvalue weighted by atomic mass is 10.0. The minimum Gasteiger partial charge on any atom is -0.489 e. The molecule has 1 aliphatic heterocycles. The summed E-state index contributed by atoms with van der Waals surface area (Å²) in [5.74, 6) is 0.675. The van der Waals surface area contributed by atoms with Crippen LogP contribution in [0.2, 0.25) is 0 Å². The van der Waals surface area contributed by atoms with E-state index in [9.17, 15) is 9.18 Å². The van der Waals surface area contributed by atoms with Crippen molar-refractivity contribution in [1.82, 2.24) is 9.78 Å². The number of thioether (sulfide) groups is 1. The first-order valence-corrected chi connectivity index (χ1v) is 16.5. The van der Waals surface area contributed by atoms with Crippen molar-refractivity contribution >= 4 is 35.1 Å². The summed E-state index contributed by atoms with van der Waals surface area (Å²) in [6.45, 7) is 2.36. The second kappa shape index (κ2) is 13.9. The van der Waals surface area contributed by atoms with E-state index in [1.165, 1.54) is 22.7 Å². The molecule has 5 aromatic carbocycles. The number of aromatic nitrogens is 2. The zero-order valence-electron chi connectivity index (χ0n) is 26.2. The Hall–Kier alpha value is -5.73. The average molecular weight is 651 g/mol. The monoisotopic (exact) mass is 650 g/mol. The highest BCUT2D eigenvalue weighted by Crippen LogP contribution is 2.33. The lowest BCUT2D eigenvalue weighted by Gasteiger charge is -2.11. The van der Waals surface area contributed by atoms with Crippen molar-refractivity contribution in [2.75, 3.05) is 10.8 Å². The Bertz CT molecular complexity index is 2110. The van der Waals surface area contributed by atoms with Gasteiger partial charge in [0.15, 0.2) is 0 Å². The smallest absolute Gasteiger partial charge is 0.280 e. The molecule has 0 saturated heterocycles. The van der Waals surface area contributed by atoms with Crippen molar-refractivity contribution in [2.45, 2.75) is 18.4 Å². The van der Waals surface area contributed by atoms with E-state index in [1.807, 2.05) is 102 Å². The van der Waals surface area contributed by atoms with Gasteiger partial charge in [-0.05, 0) is 79.2 Å². The van der Waals surface area contributed by atoms with Crippen LogP contribution in [0.1, 0.15) is 16.7 Å². The third-order valence-electron chi connectivity index (χ3n) is 7.84. The molecule has 236 valence electrons. The number of nitrogens with zero attached hydrogens (tertiary/aromatic N) is 4. The SMILES string of the molecule is Cc1ccc(SCC2=NN(c3ccccc3)C(=O)C2=Cc2cn(-c3ccccc3)nc2-c2cccc(OCc3ccc(F)cc3)c2)cc1. The van der Waals surface area contributed by atoms with Crippen LogP contribution in [0.25, 0.3) is 23.0 Å². The Morgan fingerprint density at radius 2 is 1.52 bits per heavy atom. The summed E-state index contributed by atoms with van der Waals surface area (Å²) >= 11 is 1.64. The lowest BCUT2D eigenvalue weighted by molar-refractivity contribution is -0.114. The molecule has 8 heteroatoms. The lowest BCUT2D eigenvalue weighted by Crippen LogP contribution is -2.21. The molecule has 6 aromatic rings. The van der Waals surface area contributed by atoms with E-state index in [0.29, 0.717) is 40.8 Å². The van der Waals surface area contributed by atoms with Crippen molar-refractivity contribution in [3.8, 4) is 22.7 Å². The maximum atomic E-state index is 14.1. The molecular formula is C40H31FN4O2S. The van der Waals surface area contributed by atoms with Gasteiger partial charge in [-0.25, -0.2) is 9.07 Å². The molecule has 7 rings (SSSR count). The topological polar surface area (TPSA) is 59.7 Å². The fourth-order valence-corrected chi connectivity index (χ4v) is 6.15. The Morgan fingerprint density at radius 3 is 2.25 bits per heavy atom. The number of aryl methyl sites for hydroxylation is 1. The highest BCUT2D eigenvalue weighted by atomic mass is 32.2. The molecule has 0 saturated carbocycles. The minimum atomic E-state index is -0.286. The number of benzene rings is 5. The van der Waals surface area contributed by atoms with Crippen LogP contribution in [-0.4, -0.2) is 27.2 Å². The van der Waals surface area contributed by atoms with Gasteiger partial charge in [0.1, 0.15) is 23.9 Å². The Kier molecular flexibility index (Phi) is 8.98. The molecule has 0 bridgehead atoms. The number of amides is 1. The summed E-state index contributed by atoms with van der Waals surface area (Å²) in [5, 5.41) is 11.3. The number of ether oxygens (including phenoxy) is 1. The Morgan fingerprint density at radius 1 is 0.812 bits per heavy atom. The second-order valence-corrected chi connectivity index (χ2v) is 12.4. The van der Waals surface area contributed by atoms with Crippen molar-refractivity contribution < 1.29 is 13.9 Å². The predicted molar refractivity (Wildman–Crippen MR) is 191 cm³/mol. The van der Waals surface area contributed by atoms with E-state index in [1.54, 1.807) is 23.9 Å². The van der Waals surface area contributed by atoms with E-state index in [0.717, 1.165) is 27.3 Å². The molecule has 0 N–H and O–H groups in total. The molecule has 1 amide bonds. The molecule has 0 fully saturated rings. The number of hydrogen-bond donors (Lipinski definition) is 0. The van der Waals surface area contributed by atoms with E-state index >= 15 is 0 Å². The number of carbonyl (C=O) groups is 1. The largest absolute Gasteiger partial charge is 0.489 e. The van der Waals surface area contributed by atoms with Crippen LogP contribution in [0.5, 0.6) is 5.75 Å². The van der Waals surface area contributed by atoms with Crippen LogP contribution < -0.4 is 9.75 Å². The quantitative estimate of drug-likeness (QED) is 0.110. The van der Waals surface area contributed by atoms with Crippen LogP contribution in [-0.2, 0) is 11.4 Å². The van der Waals surface area contributed by atoms with Gasteiger partial charge in [0.05, 0.1) is 22.7 Å². The third kappa shape index (κ3) is 6.99. The van der Waals surface area contributed by atoms with Gasteiger partial charge in [-0.1, -0.05) is 78.4 Å². The van der Waals surface area contributed by atoms with Crippen molar-refractivity contribution in [3.05, 3.63) is 168 Å². The van der Waals surface area contributed by atoms with E-state index in [-0.39, 0.29) is 11.7 Å².